The van der Waals surface area contributed by atoms with E-state index < -0.39 is 0 Å². The van der Waals surface area contributed by atoms with Crippen LogP contribution in [0.15, 0.2) is 40.9 Å². The summed E-state index contributed by atoms with van der Waals surface area (Å²) in [6.45, 7) is 2.60. The van der Waals surface area contributed by atoms with Crippen molar-refractivity contribution in [2.45, 2.75) is 13.3 Å². The molecule has 0 radical (unpaired) electrons. The lowest BCUT2D eigenvalue weighted by Gasteiger charge is -2.07. The maximum atomic E-state index is 12.0. The van der Waals surface area contributed by atoms with Crippen LogP contribution in [0, 0.1) is 0 Å². The van der Waals surface area contributed by atoms with Gasteiger partial charge in [0.05, 0.1) is 6.54 Å². The fourth-order valence-electron chi connectivity index (χ4n) is 1.95. The number of nitrogens with one attached hydrogen (secondary N) is 2. The van der Waals surface area contributed by atoms with Crippen molar-refractivity contribution in [3.63, 3.8) is 0 Å². The first-order chi connectivity index (χ1) is 10.1. The fourth-order valence-corrected chi connectivity index (χ4v) is 2.33. The van der Waals surface area contributed by atoms with Crippen LogP contribution in [-0.2, 0) is 4.79 Å². The molecule has 0 aliphatic heterocycles. The molecule has 2 aromatic carbocycles. The Kier molecular flexibility index (Phi) is 5.33. The van der Waals surface area contributed by atoms with Crippen LogP contribution in [-0.4, -0.2) is 24.9 Å². The molecule has 0 saturated carbocycles. The van der Waals surface area contributed by atoms with E-state index in [1.807, 2.05) is 37.3 Å². The first-order valence-corrected chi connectivity index (χ1v) is 7.63. The van der Waals surface area contributed by atoms with E-state index in [9.17, 15) is 9.59 Å². The maximum Gasteiger partial charge on any atom is 0.251 e. The summed E-state index contributed by atoms with van der Waals surface area (Å²) < 4.78 is 1.000. The molecular formula is C16H17BrN2O2. The molecule has 0 heterocycles. The van der Waals surface area contributed by atoms with Crippen molar-refractivity contribution < 1.29 is 9.59 Å². The number of carbonyl (C=O) groups excluding carboxylic acids is 2. The Bertz CT molecular complexity index is 670. The lowest BCUT2D eigenvalue weighted by Crippen LogP contribution is -2.37. The van der Waals surface area contributed by atoms with E-state index in [4.69, 9.17) is 0 Å². The van der Waals surface area contributed by atoms with Gasteiger partial charge in [0, 0.05) is 16.6 Å². The highest BCUT2D eigenvalue weighted by molar-refractivity contribution is 9.10. The normalized spacial score (nSPS) is 10.4. The van der Waals surface area contributed by atoms with Crippen LogP contribution in [0.5, 0.6) is 0 Å². The van der Waals surface area contributed by atoms with Crippen LogP contribution < -0.4 is 10.6 Å². The summed E-state index contributed by atoms with van der Waals surface area (Å²) in [4.78, 5) is 23.5. The summed E-state index contributed by atoms with van der Waals surface area (Å²) in [5, 5.41) is 7.38. The Balaban J connectivity index is 2.02. The standard InChI is InChI=1S/C16H17BrN2O2/c1-2-7-18-15(20)10-19-16(21)13-4-3-12-9-14(17)6-5-11(12)8-13/h3-6,8-9H,2,7,10H2,1H3,(H,18,20)(H,19,21). The summed E-state index contributed by atoms with van der Waals surface area (Å²) in [5.41, 5.74) is 0.549. The van der Waals surface area contributed by atoms with E-state index in [-0.39, 0.29) is 18.4 Å². The van der Waals surface area contributed by atoms with Crippen LogP contribution >= 0.6 is 15.9 Å². The average molecular weight is 349 g/mol. The molecule has 4 nitrogen and oxygen atoms in total. The van der Waals surface area contributed by atoms with Gasteiger partial charge in [0.15, 0.2) is 0 Å². The Hall–Kier alpha value is -1.88. The molecule has 2 N–H and O–H groups in total. The highest BCUT2D eigenvalue weighted by Gasteiger charge is 2.08. The number of benzene rings is 2. The van der Waals surface area contributed by atoms with Gasteiger partial charge in [-0.25, -0.2) is 0 Å². The van der Waals surface area contributed by atoms with Gasteiger partial charge in [-0.15, -0.1) is 0 Å². The van der Waals surface area contributed by atoms with Crippen molar-refractivity contribution in [1.29, 1.82) is 0 Å². The van der Waals surface area contributed by atoms with Crippen molar-refractivity contribution in [3.05, 3.63) is 46.4 Å². The molecule has 0 aliphatic rings. The van der Waals surface area contributed by atoms with Crippen molar-refractivity contribution in [2.24, 2.45) is 0 Å². The van der Waals surface area contributed by atoms with Crippen LogP contribution in [0.2, 0.25) is 0 Å². The molecule has 110 valence electrons. The van der Waals surface area contributed by atoms with Crippen LogP contribution in [0.4, 0.5) is 0 Å². The van der Waals surface area contributed by atoms with E-state index in [0.717, 1.165) is 21.7 Å². The summed E-state index contributed by atoms with van der Waals surface area (Å²) in [6.07, 6.45) is 0.875. The van der Waals surface area contributed by atoms with E-state index in [1.165, 1.54) is 0 Å². The van der Waals surface area contributed by atoms with Crippen LogP contribution in [0.25, 0.3) is 10.8 Å². The van der Waals surface area contributed by atoms with Gasteiger partial charge in [-0.2, -0.15) is 0 Å². The topological polar surface area (TPSA) is 58.2 Å². The first kappa shape index (κ1) is 15.5. The largest absolute Gasteiger partial charge is 0.355 e. The Morgan fingerprint density at radius 3 is 2.52 bits per heavy atom. The zero-order valence-electron chi connectivity index (χ0n) is 11.8. The van der Waals surface area contributed by atoms with Gasteiger partial charge in [0.2, 0.25) is 5.91 Å². The molecule has 0 aromatic heterocycles. The third-order valence-electron chi connectivity index (χ3n) is 3.05. The second-order valence-electron chi connectivity index (χ2n) is 4.74. The highest BCUT2D eigenvalue weighted by Crippen LogP contribution is 2.20. The molecule has 2 rings (SSSR count). The van der Waals surface area contributed by atoms with Gasteiger partial charge >= 0.3 is 0 Å². The summed E-state index contributed by atoms with van der Waals surface area (Å²) in [7, 11) is 0. The van der Waals surface area contributed by atoms with Crippen molar-refractivity contribution in [1.82, 2.24) is 10.6 Å². The number of rotatable bonds is 5. The van der Waals surface area contributed by atoms with Gasteiger partial charge in [0.1, 0.15) is 0 Å². The average Bonchev–Trinajstić information content (AvgIpc) is 2.49. The number of hydrogen-bond acceptors (Lipinski definition) is 2. The molecule has 0 atom stereocenters. The minimum Gasteiger partial charge on any atom is -0.355 e. The van der Waals surface area contributed by atoms with Gasteiger partial charge in [-0.3, -0.25) is 9.59 Å². The van der Waals surface area contributed by atoms with Crippen molar-refractivity contribution in [2.75, 3.05) is 13.1 Å². The minimum atomic E-state index is -0.244. The van der Waals surface area contributed by atoms with Gasteiger partial charge < -0.3 is 10.6 Å². The third kappa shape index (κ3) is 4.29. The van der Waals surface area contributed by atoms with Gasteiger partial charge in [-0.05, 0) is 41.5 Å². The zero-order valence-corrected chi connectivity index (χ0v) is 13.4. The summed E-state index contributed by atoms with van der Waals surface area (Å²) >= 11 is 3.42. The number of hydrogen-bond donors (Lipinski definition) is 2. The molecule has 0 fully saturated rings. The molecule has 0 aliphatic carbocycles. The molecule has 21 heavy (non-hydrogen) atoms. The minimum absolute atomic E-state index is 0.00277. The first-order valence-electron chi connectivity index (χ1n) is 6.84. The molecule has 5 heteroatoms. The number of fused-ring (bicyclic) bond motifs is 1. The molecular weight excluding hydrogens is 332 g/mol. The second-order valence-corrected chi connectivity index (χ2v) is 5.65. The smallest absolute Gasteiger partial charge is 0.251 e. The zero-order chi connectivity index (χ0) is 15.2. The summed E-state index contributed by atoms with van der Waals surface area (Å²) in [6, 6.07) is 11.4. The lowest BCUT2D eigenvalue weighted by molar-refractivity contribution is -0.120. The Morgan fingerprint density at radius 2 is 1.76 bits per heavy atom. The SMILES string of the molecule is CCCNC(=O)CNC(=O)c1ccc2cc(Br)ccc2c1. The van der Waals surface area contributed by atoms with Gasteiger partial charge in [0.25, 0.3) is 5.91 Å². The van der Waals surface area contributed by atoms with Crippen molar-refractivity contribution in [3.8, 4) is 0 Å². The van der Waals surface area contributed by atoms with Crippen molar-refractivity contribution >= 4 is 38.5 Å². The van der Waals surface area contributed by atoms with E-state index in [1.54, 1.807) is 6.07 Å². The second kappa shape index (κ2) is 7.22. The van der Waals surface area contributed by atoms with Crippen LogP contribution in [0.3, 0.4) is 0 Å². The van der Waals surface area contributed by atoms with Gasteiger partial charge in [-0.1, -0.05) is 35.0 Å². The molecule has 0 bridgehead atoms. The van der Waals surface area contributed by atoms with Crippen LogP contribution in [0.1, 0.15) is 23.7 Å². The highest BCUT2D eigenvalue weighted by atomic mass is 79.9. The fraction of sp³-hybridized carbons (Fsp3) is 0.250. The number of carbonyl (C=O) groups is 2. The maximum absolute atomic E-state index is 12.0. The third-order valence-corrected chi connectivity index (χ3v) is 3.54. The predicted molar refractivity (Wildman–Crippen MR) is 87.3 cm³/mol. The lowest BCUT2D eigenvalue weighted by atomic mass is 10.1. The number of amides is 2. The Labute approximate surface area is 132 Å². The van der Waals surface area contributed by atoms with E-state index in [0.29, 0.717) is 12.1 Å². The quantitative estimate of drug-likeness (QED) is 0.872. The predicted octanol–water partition coefficient (Wildman–Crippen LogP) is 2.86. The summed E-state index contributed by atoms with van der Waals surface area (Å²) in [5.74, 6) is -0.415. The number of halogens is 1. The Morgan fingerprint density at radius 1 is 1.05 bits per heavy atom. The molecule has 0 saturated heterocycles. The molecule has 2 amide bonds. The molecule has 0 unspecified atom stereocenters. The molecule has 0 spiro atoms. The van der Waals surface area contributed by atoms with E-state index in [2.05, 4.69) is 26.6 Å². The molecule has 2 aromatic rings. The van der Waals surface area contributed by atoms with E-state index >= 15 is 0 Å². The monoisotopic (exact) mass is 348 g/mol.